The molecule has 3 atom stereocenters. The van der Waals surface area contributed by atoms with Crippen molar-refractivity contribution in [1.29, 1.82) is 0 Å². The van der Waals surface area contributed by atoms with E-state index in [0.29, 0.717) is 12.8 Å². The molecule has 1 saturated carbocycles. The van der Waals surface area contributed by atoms with E-state index in [1.807, 2.05) is 12.2 Å². The van der Waals surface area contributed by atoms with Gasteiger partial charge in [0.1, 0.15) is 0 Å². The molecular weight excluding hydrogens is 312 g/mol. The number of rotatable bonds is 6. The number of nitrogens with zero attached hydrogens (tertiary/aromatic N) is 1. The van der Waals surface area contributed by atoms with Crippen molar-refractivity contribution in [2.75, 3.05) is 6.54 Å². The fraction of sp³-hybridized carbons (Fsp3) is 0.647. The summed E-state index contributed by atoms with van der Waals surface area (Å²) in [5.74, 6) is -1.88. The van der Waals surface area contributed by atoms with Crippen LogP contribution in [0, 0.1) is 11.8 Å². The fourth-order valence-electron chi connectivity index (χ4n) is 3.15. The molecule has 1 heterocycles. The van der Waals surface area contributed by atoms with Crippen LogP contribution in [0.1, 0.15) is 39.0 Å². The van der Waals surface area contributed by atoms with Gasteiger partial charge in [-0.05, 0) is 32.6 Å². The van der Waals surface area contributed by atoms with E-state index in [-0.39, 0.29) is 48.6 Å². The summed E-state index contributed by atoms with van der Waals surface area (Å²) in [4.78, 5) is 49.3. The fourth-order valence-corrected chi connectivity index (χ4v) is 3.15. The van der Waals surface area contributed by atoms with Gasteiger partial charge in [0, 0.05) is 12.6 Å². The Morgan fingerprint density at radius 3 is 2.33 bits per heavy atom. The van der Waals surface area contributed by atoms with Gasteiger partial charge in [-0.15, -0.1) is 0 Å². The topological polar surface area (TPSA) is 92.8 Å². The molecule has 0 radical (unpaired) electrons. The number of likely N-dealkylation sites (tertiary alicyclic amines) is 1. The molecule has 1 saturated heterocycles. The second-order valence-corrected chi connectivity index (χ2v) is 6.65. The number of hydrogen-bond acceptors (Lipinski definition) is 5. The van der Waals surface area contributed by atoms with E-state index in [9.17, 15) is 19.2 Å². The minimum atomic E-state index is -0.866. The number of imide groups is 1. The van der Waals surface area contributed by atoms with Gasteiger partial charge in [-0.3, -0.25) is 24.1 Å². The molecule has 0 bridgehead atoms. The Balaban J connectivity index is 1.46. The standard InChI is InChI=1S/C17H22N2O5/c1-10(15(21)18-11-6-7-11)24-14(20)8-9-19-16(22)12-4-2-3-5-13(12)17(19)23/h2-3,10-13H,4-9H2,1H3,(H,18,21)/t10-,12+,13+/m1/s1. The molecule has 130 valence electrons. The second-order valence-electron chi connectivity index (χ2n) is 6.65. The van der Waals surface area contributed by atoms with Gasteiger partial charge >= 0.3 is 5.97 Å². The first-order chi connectivity index (χ1) is 11.5. The summed E-state index contributed by atoms with van der Waals surface area (Å²) < 4.78 is 5.08. The van der Waals surface area contributed by atoms with Gasteiger partial charge in [0.25, 0.3) is 5.91 Å². The summed E-state index contributed by atoms with van der Waals surface area (Å²) in [6, 6.07) is 0.204. The van der Waals surface area contributed by atoms with Gasteiger partial charge < -0.3 is 10.1 Å². The average molecular weight is 334 g/mol. The maximum Gasteiger partial charge on any atom is 0.308 e. The third-order valence-corrected chi connectivity index (χ3v) is 4.74. The van der Waals surface area contributed by atoms with Crippen molar-refractivity contribution in [3.63, 3.8) is 0 Å². The number of carbonyl (C=O) groups excluding carboxylic acids is 4. The van der Waals surface area contributed by atoms with Crippen molar-refractivity contribution < 1.29 is 23.9 Å². The number of ether oxygens (including phenoxy) is 1. The van der Waals surface area contributed by atoms with E-state index in [2.05, 4.69) is 5.32 Å². The molecule has 1 N–H and O–H groups in total. The Labute approximate surface area is 140 Å². The van der Waals surface area contributed by atoms with Crippen molar-refractivity contribution in [2.24, 2.45) is 11.8 Å². The maximum absolute atomic E-state index is 12.3. The number of nitrogens with one attached hydrogen (secondary N) is 1. The summed E-state index contributed by atoms with van der Waals surface area (Å²) in [5, 5.41) is 2.76. The summed E-state index contributed by atoms with van der Waals surface area (Å²) in [7, 11) is 0. The highest BCUT2D eigenvalue weighted by Gasteiger charge is 2.47. The van der Waals surface area contributed by atoms with Gasteiger partial charge in [-0.2, -0.15) is 0 Å². The van der Waals surface area contributed by atoms with E-state index in [1.54, 1.807) is 0 Å². The van der Waals surface area contributed by atoms with E-state index < -0.39 is 12.1 Å². The molecule has 7 heteroatoms. The highest BCUT2D eigenvalue weighted by Crippen LogP contribution is 2.35. The number of esters is 1. The van der Waals surface area contributed by atoms with Crippen molar-refractivity contribution in [2.45, 2.75) is 51.2 Å². The van der Waals surface area contributed by atoms with Crippen molar-refractivity contribution >= 4 is 23.7 Å². The van der Waals surface area contributed by atoms with Gasteiger partial charge in [0.2, 0.25) is 11.8 Å². The smallest absolute Gasteiger partial charge is 0.308 e. The maximum atomic E-state index is 12.3. The predicted octanol–water partition coefficient (Wildman–Crippen LogP) is 0.538. The molecule has 3 rings (SSSR count). The lowest BCUT2D eigenvalue weighted by atomic mass is 9.85. The van der Waals surface area contributed by atoms with Crippen molar-refractivity contribution in [1.82, 2.24) is 10.2 Å². The zero-order valence-corrected chi connectivity index (χ0v) is 13.7. The van der Waals surface area contributed by atoms with Crippen LogP contribution in [0.25, 0.3) is 0 Å². The Hall–Kier alpha value is -2.18. The molecule has 0 unspecified atom stereocenters. The molecule has 7 nitrogen and oxygen atoms in total. The number of allylic oxidation sites excluding steroid dienone is 2. The first-order valence-electron chi connectivity index (χ1n) is 8.47. The van der Waals surface area contributed by atoms with Crippen LogP contribution in [0.4, 0.5) is 0 Å². The van der Waals surface area contributed by atoms with E-state index in [1.165, 1.54) is 11.8 Å². The van der Waals surface area contributed by atoms with Crippen LogP contribution in [-0.2, 0) is 23.9 Å². The zero-order valence-electron chi connectivity index (χ0n) is 13.7. The molecule has 1 aliphatic heterocycles. The van der Waals surface area contributed by atoms with Gasteiger partial charge in [0.15, 0.2) is 6.10 Å². The first kappa shape index (κ1) is 16.7. The molecule has 2 fully saturated rings. The zero-order chi connectivity index (χ0) is 17.3. The molecule has 0 aromatic heterocycles. The SMILES string of the molecule is C[C@@H](OC(=O)CCN1C(=O)[C@H]2CC=CC[C@@H]2C1=O)C(=O)NC1CC1. The Morgan fingerprint density at radius 1 is 1.21 bits per heavy atom. The number of carbonyl (C=O) groups is 4. The van der Waals surface area contributed by atoms with E-state index >= 15 is 0 Å². The van der Waals surface area contributed by atoms with Crippen LogP contribution in [0.5, 0.6) is 0 Å². The Morgan fingerprint density at radius 2 is 1.79 bits per heavy atom. The summed E-state index contributed by atoms with van der Waals surface area (Å²) in [6.07, 6.45) is 5.96. The molecule has 0 spiro atoms. The largest absolute Gasteiger partial charge is 0.452 e. The molecule has 2 aliphatic carbocycles. The molecule has 3 amide bonds. The van der Waals surface area contributed by atoms with Crippen LogP contribution in [0.3, 0.4) is 0 Å². The Bertz CT molecular complexity index is 570. The highest BCUT2D eigenvalue weighted by atomic mass is 16.5. The second kappa shape index (κ2) is 6.75. The average Bonchev–Trinajstić information content (AvgIpc) is 3.34. The summed E-state index contributed by atoms with van der Waals surface area (Å²) >= 11 is 0. The summed E-state index contributed by atoms with van der Waals surface area (Å²) in [6.45, 7) is 1.53. The van der Waals surface area contributed by atoms with Crippen LogP contribution in [0.15, 0.2) is 12.2 Å². The summed E-state index contributed by atoms with van der Waals surface area (Å²) in [5.41, 5.74) is 0. The third kappa shape index (κ3) is 3.49. The van der Waals surface area contributed by atoms with Gasteiger partial charge in [-0.1, -0.05) is 12.2 Å². The minimum absolute atomic E-state index is 0.0143. The monoisotopic (exact) mass is 334 g/mol. The van der Waals surface area contributed by atoms with Gasteiger partial charge in [-0.25, -0.2) is 0 Å². The highest BCUT2D eigenvalue weighted by molar-refractivity contribution is 6.05. The third-order valence-electron chi connectivity index (χ3n) is 4.74. The van der Waals surface area contributed by atoms with E-state index in [4.69, 9.17) is 4.74 Å². The number of hydrogen-bond donors (Lipinski definition) is 1. The number of amides is 3. The normalized spacial score (nSPS) is 27.0. The van der Waals surface area contributed by atoms with Crippen molar-refractivity contribution in [3.05, 3.63) is 12.2 Å². The first-order valence-corrected chi connectivity index (χ1v) is 8.47. The molecule has 0 aromatic carbocycles. The predicted molar refractivity (Wildman–Crippen MR) is 83.4 cm³/mol. The lowest BCUT2D eigenvalue weighted by molar-refractivity contribution is -0.155. The molecule has 3 aliphatic rings. The lowest BCUT2D eigenvalue weighted by Gasteiger charge is -2.16. The van der Waals surface area contributed by atoms with Crippen LogP contribution in [-0.4, -0.2) is 47.3 Å². The Kier molecular flexibility index (Phi) is 4.69. The quantitative estimate of drug-likeness (QED) is 0.435. The van der Waals surface area contributed by atoms with Crippen LogP contribution < -0.4 is 5.32 Å². The molecular formula is C17H22N2O5. The van der Waals surface area contributed by atoms with E-state index in [0.717, 1.165) is 12.8 Å². The number of fused-ring (bicyclic) bond motifs is 1. The van der Waals surface area contributed by atoms with Gasteiger partial charge in [0.05, 0.1) is 18.3 Å². The van der Waals surface area contributed by atoms with Crippen LogP contribution >= 0.6 is 0 Å². The van der Waals surface area contributed by atoms with Crippen LogP contribution in [0.2, 0.25) is 0 Å². The minimum Gasteiger partial charge on any atom is -0.452 e. The van der Waals surface area contributed by atoms with Crippen molar-refractivity contribution in [3.8, 4) is 0 Å². The molecule has 24 heavy (non-hydrogen) atoms. The molecule has 0 aromatic rings. The lowest BCUT2D eigenvalue weighted by Crippen LogP contribution is -2.38.